The Labute approximate surface area is 170 Å². The van der Waals surface area contributed by atoms with Crippen LogP contribution >= 0.6 is 0 Å². The first-order valence-corrected chi connectivity index (χ1v) is 10.9. The van der Waals surface area contributed by atoms with Gasteiger partial charge in [-0.3, -0.25) is 4.79 Å². The van der Waals surface area contributed by atoms with Crippen molar-refractivity contribution in [1.82, 2.24) is 4.31 Å². The van der Waals surface area contributed by atoms with Crippen LogP contribution in [0.4, 0.5) is 5.69 Å². The van der Waals surface area contributed by atoms with Gasteiger partial charge in [-0.05, 0) is 49.1 Å². The molecule has 0 saturated carbocycles. The van der Waals surface area contributed by atoms with Gasteiger partial charge in [0.05, 0.1) is 19.3 Å². The zero-order chi connectivity index (χ0) is 20.9. The van der Waals surface area contributed by atoms with Crippen LogP contribution in [0, 0.1) is 0 Å². The Morgan fingerprint density at radius 2 is 2.07 bits per heavy atom. The molecule has 1 atom stereocenters. The molecule has 1 aliphatic heterocycles. The Bertz CT molecular complexity index is 932. The van der Waals surface area contributed by atoms with Crippen molar-refractivity contribution in [3.8, 4) is 0 Å². The number of amides is 1. The van der Waals surface area contributed by atoms with Crippen molar-refractivity contribution in [2.75, 3.05) is 32.6 Å². The van der Waals surface area contributed by atoms with Crippen molar-refractivity contribution in [1.29, 1.82) is 0 Å². The molecule has 1 N–H and O–H groups in total. The zero-order valence-corrected chi connectivity index (χ0v) is 17.4. The van der Waals surface area contributed by atoms with Crippen LogP contribution in [0.2, 0.25) is 0 Å². The predicted octanol–water partition coefficient (Wildman–Crippen LogP) is 2.87. The highest BCUT2D eigenvalue weighted by Gasteiger charge is 2.23. The lowest BCUT2D eigenvalue weighted by Gasteiger charge is -2.22. The van der Waals surface area contributed by atoms with Crippen molar-refractivity contribution >= 4 is 21.6 Å². The Morgan fingerprint density at radius 1 is 1.24 bits per heavy atom. The quantitative estimate of drug-likeness (QED) is 0.702. The summed E-state index contributed by atoms with van der Waals surface area (Å²) in [4.78, 5) is 12.4. The molecule has 2 aromatic rings. The lowest BCUT2D eigenvalue weighted by Crippen LogP contribution is -2.24. The first-order chi connectivity index (χ1) is 13.9. The fraction of sp³-hybridized carbons (Fsp3) is 0.450. The van der Waals surface area contributed by atoms with Crippen molar-refractivity contribution < 1.29 is 27.1 Å². The van der Waals surface area contributed by atoms with Crippen molar-refractivity contribution in [2.45, 2.75) is 37.1 Å². The van der Waals surface area contributed by atoms with Crippen LogP contribution < -0.4 is 5.32 Å². The number of carbonyl (C=O) groups excluding carboxylic acids is 1. The van der Waals surface area contributed by atoms with Gasteiger partial charge in [0.1, 0.15) is 0 Å². The molecule has 1 fully saturated rings. The van der Waals surface area contributed by atoms with Crippen LogP contribution in [0.3, 0.4) is 0 Å². The van der Waals surface area contributed by atoms with Gasteiger partial charge in [-0.2, -0.15) is 0 Å². The summed E-state index contributed by atoms with van der Waals surface area (Å²) in [6.07, 6.45) is 3.44. The van der Waals surface area contributed by atoms with Gasteiger partial charge >= 0.3 is 0 Å². The summed E-state index contributed by atoms with van der Waals surface area (Å²) in [5.41, 5.74) is 1.48. The highest BCUT2D eigenvalue weighted by atomic mass is 32.2. The van der Waals surface area contributed by atoms with Crippen LogP contribution in [0.1, 0.15) is 35.4 Å². The van der Waals surface area contributed by atoms with Crippen LogP contribution in [-0.2, 0) is 26.1 Å². The Hall–Kier alpha value is -2.20. The number of hydrogen-bond donors (Lipinski definition) is 1. The summed E-state index contributed by atoms with van der Waals surface area (Å²) >= 11 is 0. The molecule has 1 saturated heterocycles. The monoisotopic (exact) mass is 422 g/mol. The fourth-order valence-corrected chi connectivity index (χ4v) is 3.73. The maximum Gasteiger partial charge on any atom is 0.291 e. The lowest BCUT2D eigenvalue weighted by molar-refractivity contribution is -0.0447. The molecular formula is C20H26N2O6S. The summed E-state index contributed by atoms with van der Waals surface area (Å²) in [5, 5.41) is 2.43. The van der Waals surface area contributed by atoms with E-state index in [4.69, 9.17) is 13.9 Å². The molecule has 8 nitrogen and oxygen atoms in total. The van der Waals surface area contributed by atoms with E-state index in [0.717, 1.165) is 29.3 Å². The molecule has 0 bridgehead atoms. The fourth-order valence-electron chi connectivity index (χ4n) is 2.94. The van der Waals surface area contributed by atoms with Crippen LogP contribution in [-0.4, -0.2) is 52.0 Å². The molecule has 1 aromatic heterocycles. The van der Waals surface area contributed by atoms with E-state index in [2.05, 4.69) is 5.32 Å². The number of nitrogens with one attached hydrogen (secondary N) is 1. The topological polar surface area (TPSA) is 98.1 Å². The highest BCUT2D eigenvalue weighted by Crippen LogP contribution is 2.19. The number of ether oxygens (including phenoxy) is 2. The highest BCUT2D eigenvalue weighted by molar-refractivity contribution is 7.88. The molecule has 9 heteroatoms. The molecule has 3 rings (SSSR count). The number of furan rings is 1. The van der Waals surface area contributed by atoms with Gasteiger partial charge in [-0.15, -0.1) is 0 Å². The third kappa shape index (κ3) is 5.66. The first kappa shape index (κ1) is 21.5. The van der Waals surface area contributed by atoms with E-state index in [0.29, 0.717) is 18.9 Å². The van der Waals surface area contributed by atoms with Crippen LogP contribution in [0.25, 0.3) is 0 Å². The third-order valence-electron chi connectivity index (χ3n) is 4.57. The molecule has 158 valence electrons. The van der Waals surface area contributed by atoms with E-state index in [1.807, 2.05) is 12.1 Å². The van der Waals surface area contributed by atoms with Crippen LogP contribution in [0.5, 0.6) is 0 Å². The van der Waals surface area contributed by atoms with E-state index in [1.54, 1.807) is 12.1 Å². The SMILES string of the molecule is CN(C)S(=O)(=O)c1ccc(C(=O)Nc2cccc(COC[C@@H]3CCCCO3)c2)o1. The second-order valence-corrected chi connectivity index (χ2v) is 9.15. The lowest BCUT2D eigenvalue weighted by atomic mass is 10.1. The van der Waals surface area contributed by atoms with E-state index in [1.165, 1.54) is 32.6 Å². The summed E-state index contributed by atoms with van der Waals surface area (Å²) in [6, 6.07) is 9.87. The van der Waals surface area contributed by atoms with E-state index in [-0.39, 0.29) is 17.0 Å². The predicted molar refractivity (Wildman–Crippen MR) is 107 cm³/mol. The minimum Gasteiger partial charge on any atom is -0.438 e. The van der Waals surface area contributed by atoms with Gasteiger partial charge in [0.25, 0.3) is 15.9 Å². The molecule has 29 heavy (non-hydrogen) atoms. The van der Waals surface area contributed by atoms with Crippen LogP contribution in [0.15, 0.2) is 45.9 Å². The maximum absolute atomic E-state index is 12.4. The van der Waals surface area contributed by atoms with Crippen molar-refractivity contribution in [2.24, 2.45) is 0 Å². The molecule has 0 spiro atoms. The standard InChI is InChI=1S/C20H26N2O6S/c1-22(2)29(24,25)19-10-9-18(28-19)20(23)21-16-7-5-6-15(12-16)13-26-14-17-8-3-4-11-27-17/h5-7,9-10,12,17H,3-4,8,11,13-14H2,1-2H3,(H,21,23)/t17-/m0/s1. The average Bonchev–Trinajstić information content (AvgIpc) is 3.20. The number of anilines is 1. The molecule has 0 radical (unpaired) electrons. The third-order valence-corrected chi connectivity index (χ3v) is 6.26. The molecule has 2 heterocycles. The first-order valence-electron chi connectivity index (χ1n) is 9.48. The number of hydrogen-bond acceptors (Lipinski definition) is 6. The smallest absolute Gasteiger partial charge is 0.291 e. The largest absolute Gasteiger partial charge is 0.438 e. The number of sulfonamides is 1. The molecule has 0 unspecified atom stereocenters. The molecule has 0 aliphatic carbocycles. The minimum absolute atomic E-state index is 0.0819. The van der Waals surface area contributed by atoms with Gasteiger partial charge in [0, 0.05) is 26.4 Å². The number of nitrogens with zero attached hydrogens (tertiary/aromatic N) is 1. The number of carbonyl (C=O) groups is 1. The zero-order valence-electron chi connectivity index (χ0n) is 16.6. The van der Waals surface area contributed by atoms with E-state index < -0.39 is 15.9 Å². The van der Waals surface area contributed by atoms with Crippen molar-refractivity contribution in [3.63, 3.8) is 0 Å². The molecular weight excluding hydrogens is 396 g/mol. The minimum atomic E-state index is -3.73. The van der Waals surface area contributed by atoms with Gasteiger partial charge in [-0.25, -0.2) is 12.7 Å². The van der Waals surface area contributed by atoms with Crippen molar-refractivity contribution in [3.05, 3.63) is 47.7 Å². The average molecular weight is 423 g/mol. The summed E-state index contributed by atoms with van der Waals surface area (Å²) in [6.45, 7) is 1.75. The normalized spacial score (nSPS) is 17.4. The molecule has 1 aliphatic rings. The summed E-state index contributed by atoms with van der Waals surface area (Å²) in [5.74, 6) is -0.611. The number of benzene rings is 1. The summed E-state index contributed by atoms with van der Waals surface area (Å²) < 4.78 is 41.8. The van der Waals surface area contributed by atoms with Gasteiger partial charge in [0.2, 0.25) is 5.09 Å². The van der Waals surface area contributed by atoms with Gasteiger partial charge in [-0.1, -0.05) is 12.1 Å². The second kappa shape index (κ2) is 9.53. The molecule has 1 amide bonds. The Kier molecular flexibility index (Phi) is 7.07. The van der Waals surface area contributed by atoms with E-state index in [9.17, 15) is 13.2 Å². The maximum atomic E-state index is 12.4. The summed E-state index contributed by atoms with van der Waals surface area (Å²) in [7, 11) is -0.940. The number of rotatable bonds is 8. The molecule has 1 aromatic carbocycles. The Morgan fingerprint density at radius 3 is 2.79 bits per heavy atom. The van der Waals surface area contributed by atoms with E-state index >= 15 is 0 Å². The van der Waals surface area contributed by atoms with Gasteiger partial charge in [0.15, 0.2) is 5.76 Å². The van der Waals surface area contributed by atoms with Gasteiger partial charge < -0.3 is 19.2 Å². The second-order valence-electron chi connectivity index (χ2n) is 7.06. The Balaban J connectivity index is 1.57.